The zero-order valence-electron chi connectivity index (χ0n) is 12.5. The highest BCUT2D eigenvalue weighted by molar-refractivity contribution is 8.13. The number of benzene rings is 1. The van der Waals surface area contributed by atoms with E-state index < -0.39 is 9.05 Å². The van der Waals surface area contributed by atoms with Gasteiger partial charge in [0.1, 0.15) is 0 Å². The second-order valence-electron chi connectivity index (χ2n) is 5.62. The highest BCUT2D eigenvalue weighted by atomic mass is 35.7. The Hall–Kier alpha value is -1.07. The van der Waals surface area contributed by atoms with Crippen LogP contribution < -0.4 is 0 Å². The Balaban J connectivity index is 2.40. The molecule has 1 aliphatic heterocycles. The number of hydrogen-bond acceptors (Lipinski definition) is 3. The van der Waals surface area contributed by atoms with Crippen LogP contribution in [-0.4, -0.2) is 31.3 Å². The summed E-state index contributed by atoms with van der Waals surface area (Å²) >= 11 is 0. The molecule has 4 nitrogen and oxygen atoms in total. The normalized spacial score (nSPS) is 22.6. The number of rotatable bonds is 3. The van der Waals surface area contributed by atoms with Gasteiger partial charge in [0.15, 0.2) is 0 Å². The van der Waals surface area contributed by atoms with E-state index in [1.165, 1.54) is 6.07 Å². The summed E-state index contributed by atoms with van der Waals surface area (Å²) in [6.45, 7) is 5.75. The maximum Gasteiger partial charge on any atom is 0.261 e. The maximum atomic E-state index is 12.7. The number of hydrogen-bond donors (Lipinski definition) is 0. The van der Waals surface area contributed by atoms with Crippen molar-refractivity contribution in [3.8, 4) is 0 Å². The zero-order valence-corrected chi connectivity index (χ0v) is 14.0. The van der Waals surface area contributed by atoms with Crippen LogP contribution in [0.5, 0.6) is 0 Å². The fourth-order valence-electron chi connectivity index (χ4n) is 2.98. The molecule has 1 heterocycles. The molecule has 0 N–H and O–H groups in total. The number of aryl methyl sites for hydroxylation is 1. The molecule has 0 bridgehead atoms. The van der Waals surface area contributed by atoms with Gasteiger partial charge in [-0.15, -0.1) is 0 Å². The van der Waals surface area contributed by atoms with Gasteiger partial charge in [-0.05, 0) is 50.8 Å². The molecule has 1 amide bonds. The number of amides is 1. The highest BCUT2D eigenvalue weighted by Gasteiger charge is 2.34. The van der Waals surface area contributed by atoms with Crippen LogP contribution in [0.2, 0.25) is 0 Å². The Morgan fingerprint density at radius 1 is 1.38 bits per heavy atom. The minimum absolute atomic E-state index is 0.00918. The van der Waals surface area contributed by atoms with Gasteiger partial charge in [0.25, 0.3) is 15.0 Å². The Morgan fingerprint density at radius 3 is 2.62 bits per heavy atom. The molecule has 21 heavy (non-hydrogen) atoms. The van der Waals surface area contributed by atoms with Gasteiger partial charge in [0.2, 0.25) is 0 Å². The molecule has 1 aromatic carbocycles. The SMILES string of the molecule is CCC1CCC(C)N1C(=O)c1ccc(C)c(S(=O)(=O)Cl)c1. The Labute approximate surface area is 130 Å². The Morgan fingerprint density at radius 2 is 2.05 bits per heavy atom. The molecule has 2 unspecified atom stereocenters. The molecule has 2 rings (SSSR count). The van der Waals surface area contributed by atoms with Gasteiger partial charge in [0, 0.05) is 28.3 Å². The molecule has 116 valence electrons. The van der Waals surface area contributed by atoms with Gasteiger partial charge in [-0.3, -0.25) is 4.79 Å². The average Bonchev–Trinajstić information content (AvgIpc) is 2.78. The summed E-state index contributed by atoms with van der Waals surface area (Å²) in [6, 6.07) is 5.09. The molecule has 1 saturated heterocycles. The minimum Gasteiger partial charge on any atom is -0.333 e. The van der Waals surface area contributed by atoms with Crippen molar-refractivity contribution in [3.05, 3.63) is 29.3 Å². The van der Waals surface area contributed by atoms with Crippen molar-refractivity contribution < 1.29 is 13.2 Å². The van der Waals surface area contributed by atoms with Gasteiger partial charge < -0.3 is 4.90 Å². The molecule has 0 radical (unpaired) electrons. The van der Waals surface area contributed by atoms with E-state index in [2.05, 4.69) is 6.92 Å². The van der Waals surface area contributed by atoms with E-state index >= 15 is 0 Å². The van der Waals surface area contributed by atoms with Crippen molar-refractivity contribution in [1.29, 1.82) is 0 Å². The second kappa shape index (κ2) is 5.97. The summed E-state index contributed by atoms with van der Waals surface area (Å²) in [4.78, 5) is 14.6. The maximum absolute atomic E-state index is 12.7. The van der Waals surface area contributed by atoms with Crippen LogP contribution in [0, 0.1) is 6.92 Å². The van der Waals surface area contributed by atoms with E-state index in [4.69, 9.17) is 10.7 Å². The molecular formula is C15H20ClNO3S. The lowest BCUT2D eigenvalue weighted by molar-refractivity contribution is 0.0676. The quantitative estimate of drug-likeness (QED) is 0.799. The second-order valence-corrected chi connectivity index (χ2v) is 8.15. The van der Waals surface area contributed by atoms with Crippen LogP contribution in [0.3, 0.4) is 0 Å². The first-order chi connectivity index (χ1) is 9.75. The smallest absolute Gasteiger partial charge is 0.261 e. The van der Waals surface area contributed by atoms with Crippen LogP contribution in [-0.2, 0) is 9.05 Å². The van der Waals surface area contributed by atoms with E-state index in [1.54, 1.807) is 19.1 Å². The van der Waals surface area contributed by atoms with Gasteiger partial charge >= 0.3 is 0 Å². The first-order valence-electron chi connectivity index (χ1n) is 7.13. The molecule has 1 aromatic rings. The monoisotopic (exact) mass is 329 g/mol. The molecule has 0 aliphatic carbocycles. The molecule has 1 aliphatic rings. The summed E-state index contributed by atoms with van der Waals surface area (Å²) in [5, 5.41) is 0. The van der Waals surface area contributed by atoms with Crippen LogP contribution in [0.25, 0.3) is 0 Å². The molecule has 0 aromatic heterocycles. The fraction of sp³-hybridized carbons (Fsp3) is 0.533. The summed E-state index contributed by atoms with van der Waals surface area (Å²) in [7, 11) is 1.59. The van der Waals surface area contributed by atoms with E-state index in [9.17, 15) is 13.2 Å². The number of likely N-dealkylation sites (tertiary alicyclic amines) is 1. The first-order valence-corrected chi connectivity index (χ1v) is 9.44. The molecule has 1 fully saturated rings. The minimum atomic E-state index is -3.84. The summed E-state index contributed by atoms with van der Waals surface area (Å²) in [6.07, 6.45) is 2.88. The lowest BCUT2D eigenvalue weighted by atomic mass is 10.1. The van der Waals surface area contributed by atoms with E-state index in [0.717, 1.165) is 19.3 Å². The number of nitrogens with zero attached hydrogens (tertiary/aromatic N) is 1. The summed E-state index contributed by atoms with van der Waals surface area (Å²) < 4.78 is 23.2. The number of halogens is 1. The van der Waals surface area contributed by atoms with Crippen molar-refractivity contribution in [1.82, 2.24) is 4.90 Å². The third-order valence-electron chi connectivity index (χ3n) is 4.19. The molecule has 0 spiro atoms. The van der Waals surface area contributed by atoms with Crippen molar-refractivity contribution in [2.45, 2.75) is 57.0 Å². The van der Waals surface area contributed by atoms with Crippen molar-refractivity contribution >= 4 is 25.6 Å². The third-order valence-corrected chi connectivity index (χ3v) is 5.65. The summed E-state index contributed by atoms with van der Waals surface area (Å²) in [5.74, 6) is -0.117. The van der Waals surface area contributed by atoms with Gasteiger partial charge in [-0.2, -0.15) is 0 Å². The van der Waals surface area contributed by atoms with Gasteiger partial charge in [-0.25, -0.2) is 8.42 Å². The van der Waals surface area contributed by atoms with Crippen LogP contribution in [0.4, 0.5) is 0 Å². The van der Waals surface area contributed by atoms with Gasteiger partial charge in [0.05, 0.1) is 4.90 Å². The lowest BCUT2D eigenvalue weighted by Crippen LogP contribution is -2.39. The van der Waals surface area contributed by atoms with Crippen molar-refractivity contribution in [2.75, 3.05) is 0 Å². The number of carbonyl (C=O) groups excluding carboxylic acids is 1. The van der Waals surface area contributed by atoms with Crippen molar-refractivity contribution in [2.24, 2.45) is 0 Å². The zero-order chi connectivity index (χ0) is 15.8. The van der Waals surface area contributed by atoms with Crippen molar-refractivity contribution in [3.63, 3.8) is 0 Å². The first kappa shape index (κ1) is 16.3. The Bertz CT molecular complexity index is 657. The van der Waals surface area contributed by atoms with E-state index in [0.29, 0.717) is 11.1 Å². The van der Waals surface area contributed by atoms with Crippen LogP contribution >= 0.6 is 10.7 Å². The van der Waals surface area contributed by atoms with Gasteiger partial charge in [-0.1, -0.05) is 13.0 Å². The lowest BCUT2D eigenvalue weighted by Gasteiger charge is -2.28. The topological polar surface area (TPSA) is 54.5 Å². The summed E-state index contributed by atoms with van der Waals surface area (Å²) in [5.41, 5.74) is 0.926. The van der Waals surface area contributed by atoms with E-state index in [1.807, 2.05) is 11.8 Å². The largest absolute Gasteiger partial charge is 0.333 e. The predicted octanol–water partition coefficient (Wildman–Crippen LogP) is 3.33. The average molecular weight is 330 g/mol. The fourth-order valence-corrected chi connectivity index (χ4v) is 4.20. The molecule has 0 saturated carbocycles. The number of carbonyl (C=O) groups is 1. The predicted molar refractivity (Wildman–Crippen MR) is 83.2 cm³/mol. The molecular weight excluding hydrogens is 310 g/mol. The molecule has 2 atom stereocenters. The third kappa shape index (κ3) is 3.24. The van der Waals surface area contributed by atoms with Crippen LogP contribution in [0.15, 0.2) is 23.1 Å². The Kier molecular flexibility index (Phi) is 4.63. The standard InChI is InChI=1S/C15H20ClNO3S/c1-4-13-8-6-11(3)17(13)15(18)12-7-5-10(2)14(9-12)21(16,19)20/h5,7,9,11,13H,4,6,8H2,1-3H3. The molecule has 6 heteroatoms. The van der Waals surface area contributed by atoms with Crippen LogP contribution in [0.1, 0.15) is 49.0 Å². The highest BCUT2D eigenvalue weighted by Crippen LogP contribution is 2.29. The van der Waals surface area contributed by atoms with E-state index in [-0.39, 0.29) is 22.9 Å².